The van der Waals surface area contributed by atoms with Crippen LogP contribution in [0.25, 0.3) is 11.3 Å². The van der Waals surface area contributed by atoms with Crippen molar-refractivity contribution in [3.8, 4) is 11.3 Å². The topological polar surface area (TPSA) is 64.4 Å². The third kappa shape index (κ3) is 5.31. The maximum Gasteiger partial charge on any atom is 0.327 e. The molecule has 0 aliphatic heterocycles. The summed E-state index contributed by atoms with van der Waals surface area (Å²) in [4.78, 5) is 25.6. The first-order valence-electron chi connectivity index (χ1n) is 9.05. The maximum atomic E-state index is 11.9. The molecule has 0 unspecified atom stereocenters. The van der Waals surface area contributed by atoms with E-state index in [1.54, 1.807) is 13.1 Å². The molecule has 0 radical (unpaired) electrons. The molecule has 0 bridgehead atoms. The standard InChI is InChI=1S/C22H20BrN3O2S/c1-3-28-19(27)14-24-20(15-9-5-4-6-10-15)16-11-7-8-12-17(16)21-18(23)13-25-22(26-21)29-2/h4-13H,3,14H2,1-2H3. The van der Waals surface area contributed by atoms with Crippen LogP contribution in [0.5, 0.6) is 0 Å². The summed E-state index contributed by atoms with van der Waals surface area (Å²) in [5.74, 6) is -0.355. The van der Waals surface area contributed by atoms with Crippen molar-refractivity contribution in [2.24, 2.45) is 4.99 Å². The number of benzene rings is 2. The Morgan fingerprint density at radius 3 is 2.59 bits per heavy atom. The van der Waals surface area contributed by atoms with E-state index < -0.39 is 0 Å². The van der Waals surface area contributed by atoms with Crippen molar-refractivity contribution in [2.75, 3.05) is 19.4 Å². The minimum absolute atomic E-state index is 0.0482. The molecule has 1 heterocycles. The van der Waals surface area contributed by atoms with Gasteiger partial charge in [0.25, 0.3) is 0 Å². The van der Waals surface area contributed by atoms with E-state index in [9.17, 15) is 4.79 Å². The van der Waals surface area contributed by atoms with Crippen molar-refractivity contribution >= 4 is 39.4 Å². The lowest BCUT2D eigenvalue weighted by atomic mass is 9.95. The quantitative estimate of drug-likeness (QED) is 0.210. The second-order valence-corrected chi connectivity index (χ2v) is 7.56. The summed E-state index contributed by atoms with van der Waals surface area (Å²) < 4.78 is 5.84. The highest BCUT2D eigenvalue weighted by atomic mass is 79.9. The van der Waals surface area contributed by atoms with Gasteiger partial charge in [-0.3, -0.25) is 9.79 Å². The van der Waals surface area contributed by atoms with E-state index in [-0.39, 0.29) is 12.5 Å². The number of aromatic nitrogens is 2. The summed E-state index contributed by atoms with van der Waals surface area (Å²) in [6, 6.07) is 17.7. The normalized spacial score (nSPS) is 11.3. The Labute approximate surface area is 182 Å². The van der Waals surface area contributed by atoms with Gasteiger partial charge in [-0.15, -0.1) is 0 Å². The van der Waals surface area contributed by atoms with Gasteiger partial charge in [0.2, 0.25) is 0 Å². The molecule has 3 aromatic rings. The highest BCUT2D eigenvalue weighted by Gasteiger charge is 2.17. The first-order chi connectivity index (χ1) is 14.1. The summed E-state index contributed by atoms with van der Waals surface area (Å²) in [5, 5.41) is 0.683. The number of nitrogens with zero attached hydrogens (tertiary/aromatic N) is 3. The molecular formula is C22H20BrN3O2S. The van der Waals surface area contributed by atoms with Crippen molar-refractivity contribution in [3.63, 3.8) is 0 Å². The minimum Gasteiger partial charge on any atom is -0.465 e. The van der Waals surface area contributed by atoms with Crippen molar-refractivity contribution < 1.29 is 9.53 Å². The number of halogens is 1. The number of carbonyl (C=O) groups excluding carboxylic acids is 1. The molecule has 0 aliphatic rings. The highest BCUT2D eigenvalue weighted by Crippen LogP contribution is 2.31. The molecule has 0 fully saturated rings. The van der Waals surface area contributed by atoms with Crippen LogP contribution in [0, 0.1) is 0 Å². The Kier molecular flexibility index (Phi) is 7.55. The van der Waals surface area contributed by atoms with E-state index in [4.69, 9.17) is 4.74 Å². The Morgan fingerprint density at radius 1 is 1.14 bits per heavy atom. The lowest BCUT2D eigenvalue weighted by Crippen LogP contribution is -2.12. The summed E-state index contributed by atoms with van der Waals surface area (Å²) in [6.45, 7) is 2.06. The SMILES string of the molecule is CCOC(=O)CN=C(c1ccccc1)c1ccccc1-c1nc(SC)ncc1Br. The fourth-order valence-electron chi connectivity index (χ4n) is 2.81. The van der Waals surface area contributed by atoms with Gasteiger partial charge in [-0.05, 0) is 29.1 Å². The average Bonchev–Trinajstić information content (AvgIpc) is 2.76. The molecule has 0 atom stereocenters. The first kappa shape index (κ1) is 21.2. The molecule has 0 N–H and O–H groups in total. The van der Waals surface area contributed by atoms with Gasteiger partial charge in [0.15, 0.2) is 5.16 Å². The van der Waals surface area contributed by atoms with Crippen LogP contribution in [0.2, 0.25) is 0 Å². The molecule has 148 valence electrons. The lowest BCUT2D eigenvalue weighted by molar-refractivity contribution is -0.141. The fourth-order valence-corrected chi connectivity index (χ4v) is 3.56. The second kappa shape index (κ2) is 10.3. The predicted octanol–water partition coefficient (Wildman–Crippen LogP) is 5.03. The predicted molar refractivity (Wildman–Crippen MR) is 121 cm³/mol. The third-order valence-corrected chi connectivity index (χ3v) is 5.20. The number of esters is 1. The van der Waals surface area contributed by atoms with E-state index in [0.29, 0.717) is 17.5 Å². The van der Waals surface area contributed by atoms with Crippen molar-refractivity contribution in [1.29, 1.82) is 0 Å². The minimum atomic E-state index is -0.355. The number of carbonyl (C=O) groups is 1. The summed E-state index contributed by atoms with van der Waals surface area (Å²) >= 11 is 5.05. The van der Waals surface area contributed by atoms with Gasteiger partial charge in [-0.25, -0.2) is 9.97 Å². The van der Waals surface area contributed by atoms with E-state index in [1.807, 2.05) is 60.9 Å². The summed E-state index contributed by atoms with van der Waals surface area (Å²) in [5.41, 5.74) is 4.20. The Bertz CT molecular complexity index is 1030. The van der Waals surface area contributed by atoms with Crippen LogP contribution in [0.1, 0.15) is 18.1 Å². The average molecular weight is 470 g/mol. The molecule has 0 amide bonds. The van der Waals surface area contributed by atoms with E-state index in [0.717, 1.165) is 26.9 Å². The van der Waals surface area contributed by atoms with Gasteiger partial charge in [-0.2, -0.15) is 0 Å². The van der Waals surface area contributed by atoms with Crippen LogP contribution in [-0.4, -0.2) is 41.1 Å². The Morgan fingerprint density at radius 2 is 1.86 bits per heavy atom. The zero-order valence-corrected chi connectivity index (χ0v) is 18.5. The fraction of sp³-hybridized carbons (Fsp3) is 0.182. The number of hydrogen-bond acceptors (Lipinski definition) is 6. The van der Waals surface area contributed by atoms with Gasteiger partial charge >= 0.3 is 5.97 Å². The molecule has 3 rings (SSSR count). The maximum absolute atomic E-state index is 11.9. The molecule has 5 nitrogen and oxygen atoms in total. The van der Waals surface area contributed by atoms with Crippen LogP contribution >= 0.6 is 27.7 Å². The van der Waals surface area contributed by atoms with Crippen molar-refractivity contribution in [2.45, 2.75) is 12.1 Å². The molecule has 0 saturated heterocycles. The monoisotopic (exact) mass is 469 g/mol. The number of aliphatic imine (C=N–C) groups is 1. The van der Waals surface area contributed by atoms with E-state index in [2.05, 4.69) is 30.9 Å². The van der Waals surface area contributed by atoms with Crippen LogP contribution in [0.15, 0.2) is 75.4 Å². The molecule has 1 aromatic heterocycles. The van der Waals surface area contributed by atoms with E-state index in [1.165, 1.54) is 11.8 Å². The van der Waals surface area contributed by atoms with Crippen LogP contribution in [-0.2, 0) is 9.53 Å². The number of ether oxygens (including phenoxy) is 1. The number of rotatable bonds is 7. The van der Waals surface area contributed by atoms with Gasteiger partial charge in [0, 0.05) is 22.9 Å². The summed E-state index contributed by atoms with van der Waals surface area (Å²) in [6.07, 6.45) is 3.69. The molecule has 29 heavy (non-hydrogen) atoms. The number of thioether (sulfide) groups is 1. The van der Waals surface area contributed by atoms with E-state index >= 15 is 0 Å². The first-order valence-corrected chi connectivity index (χ1v) is 11.1. The zero-order chi connectivity index (χ0) is 20.6. The van der Waals surface area contributed by atoms with Crippen LogP contribution < -0.4 is 0 Å². The van der Waals surface area contributed by atoms with Crippen molar-refractivity contribution in [1.82, 2.24) is 9.97 Å². The molecular weight excluding hydrogens is 450 g/mol. The molecule has 0 spiro atoms. The molecule has 7 heteroatoms. The van der Waals surface area contributed by atoms with Gasteiger partial charge in [-0.1, -0.05) is 66.4 Å². The van der Waals surface area contributed by atoms with Crippen molar-refractivity contribution in [3.05, 3.63) is 76.4 Å². The molecule has 2 aromatic carbocycles. The van der Waals surface area contributed by atoms with Gasteiger partial charge in [0.1, 0.15) is 6.54 Å². The van der Waals surface area contributed by atoms with Crippen LogP contribution in [0.3, 0.4) is 0 Å². The highest BCUT2D eigenvalue weighted by molar-refractivity contribution is 9.10. The molecule has 0 saturated carbocycles. The molecule has 0 aliphatic carbocycles. The third-order valence-electron chi connectivity index (χ3n) is 4.06. The summed E-state index contributed by atoms with van der Waals surface area (Å²) in [7, 11) is 0. The van der Waals surface area contributed by atoms with Crippen LogP contribution in [0.4, 0.5) is 0 Å². The smallest absolute Gasteiger partial charge is 0.327 e. The zero-order valence-electron chi connectivity index (χ0n) is 16.1. The lowest BCUT2D eigenvalue weighted by Gasteiger charge is -2.14. The Hall–Kier alpha value is -2.51. The largest absolute Gasteiger partial charge is 0.465 e. The Balaban J connectivity index is 2.15. The van der Waals surface area contributed by atoms with Gasteiger partial charge < -0.3 is 4.74 Å². The number of hydrogen-bond donors (Lipinski definition) is 0. The second-order valence-electron chi connectivity index (χ2n) is 5.93. The van der Waals surface area contributed by atoms with Gasteiger partial charge in [0.05, 0.1) is 22.5 Å².